The van der Waals surface area contributed by atoms with E-state index in [1.165, 1.54) is 24.3 Å². The normalized spacial score (nSPS) is 11.8. The zero-order valence-corrected chi connectivity index (χ0v) is 22.0. The van der Waals surface area contributed by atoms with Gasteiger partial charge in [-0.05, 0) is 36.4 Å². The van der Waals surface area contributed by atoms with Crippen LogP contribution in [-0.4, -0.2) is 46.4 Å². The molecule has 1 aromatic heterocycles. The third-order valence-corrected chi connectivity index (χ3v) is 7.18. The molecular formula is C24H22F6N6O2S2. The first-order chi connectivity index (χ1) is 18.8. The van der Waals surface area contributed by atoms with Crippen LogP contribution in [0.25, 0.3) is 0 Å². The van der Waals surface area contributed by atoms with Crippen LogP contribution in [-0.2, 0) is 12.4 Å². The maximum absolute atomic E-state index is 13.5. The Balaban J connectivity index is 1.78. The van der Waals surface area contributed by atoms with Crippen LogP contribution in [0.2, 0.25) is 0 Å². The van der Waals surface area contributed by atoms with E-state index in [4.69, 9.17) is 11.5 Å². The van der Waals surface area contributed by atoms with Gasteiger partial charge in [0.25, 0.3) is 11.8 Å². The summed E-state index contributed by atoms with van der Waals surface area (Å²) in [6, 6.07) is 7.43. The van der Waals surface area contributed by atoms with Gasteiger partial charge in [0, 0.05) is 51.8 Å². The molecule has 2 amide bonds. The van der Waals surface area contributed by atoms with E-state index in [-0.39, 0.29) is 57.1 Å². The van der Waals surface area contributed by atoms with Gasteiger partial charge in [-0.15, -0.1) is 23.5 Å². The Bertz CT molecular complexity index is 1270. The summed E-state index contributed by atoms with van der Waals surface area (Å²) in [6.45, 7) is 0.347. The van der Waals surface area contributed by atoms with Gasteiger partial charge >= 0.3 is 12.4 Å². The molecule has 8 nitrogen and oxygen atoms in total. The van der Waals surface area contributed by atoms with Gasteiger partial charge in [-0.3, -0.25) is 9.59 Å². The van der Waals surface area contributed by atoms with Crippen LogP contribution >= 0.6 is 23.5 Å². The standard InChI is InChI=1S/C24H22F6N6O2S2/c25-23(26,27)15-9-13(1-3-19(15)39-7-5-31)35-21(37)17-11-18(34-12-33-17)22(38)36-14-2-4-20(40-8-6-32)16(10-14)24(28,29)30/h1-4,9-12H,5-8,31-32H2,(H,35,37)(H,36,38). The average Bonchev–Trinajstić information content (AvgIpc) is 2.90. The van der Waals surface area contributed by atoms with Crippen molar-refractivity contribution in [3.8, 4) is 0 Å². The Morgan fingerprint density at radius 1 is 0.700 bits per heavy atom. The van der Waals surface area contributed by atoms with E-state index in [1.807, 2.05) is 0 Å². The minimum absolute atomic E-state index is 0.0587. The van der Waals surface area contributed by atoms with Gasteiger partial charge in [-0.2, -0.15) is 26.3 Å². The van der Waals surface area contributed by atoms with E-state index in [1.54, 1.807) is 0 Å². The van der Waals surface area contributed by atoms with Crippen molar-refractivity contribution in [3.63, 3.8) is 0 Å². The van der Waals surface area contributed by atoms with Gasteiger partial charge in [-0.25, -0.2) is 9.97 Å². The molecule has 0 fully saturated rings. The van der Waals surface area contributed by atoms with Crippen LogP contribution in [0.4, 0.5) is 37.7 Å². The van der Waals surface area contributed by atoms with Crippen LogP contribution in [0.15, 0.2) is 58.6 Å². The van der Waals surface area contributed by atoms with Crippen LogP contribution in [0, 0.1) is 0 Å². The summed E-state index contributed by atoms with van der Waals surface area (Å²) in [6.07, 6.45) is -8.51. The number of nitrogens with one attached hydrogen (secondary N) is 2. The Morgan fingerprint density at radius 2 is 1.10 bits per heavy atom. The Labute approximate surface area is 232 Å². The first-order valence-electron chi connectivity index (χ1n) is 11.4. The fourth-order valence-corrected chi connectivity index (χ4v) is 4.91. The van der Waals surface area contributed by atoms with Crippen molar-refractivity contribution in [2.75, 3.05) is 35.2 Å². The summed E-state index contributed by atoms with van der Waals surface area (Å²) in [5.41, 5.74) is 7.74. The van der Waals surface area contributed by atoms with Crippen LogP contribution in [0.3, 0.4) is 0 Å². The number of hydrogen-bond donors (Lipinski definition) is 4. The molecule has 0 aliphatic carbocycles. The number of thioether (sulfide) groups is 2. The number of rotatable bonds is 10. The first kappa shape index (κ1) is 31.2. The number of aromatic nitrogens is 2. The molecule has 214 valence electrons. The molecular weight excluding hydrogens is 582 g/mol. The maximum Gasteiger partial charge on any atom is 0.417 e. The average molecular weight is 605 g/mol. The molecule has 6 N–H and O–H groups in total. The van der Waals surface area contributed by atoms with Crippen molar-refractivity contribution < 1.29 is 35.9 Å². The summed E-state index contributed by atoms with van der Waals surface area (Å²) < 4.78 is 81.1. The molecule has 0 spiro atoms. The lowest BCUT2D eigenvalue weighted by molar-refractivity contribution is -0.140. The van der Waals surface area contributed by atoms with Crippen LogP contribution in [0.5, 0.6) is 0 Å². The lowest BCUT2D eigenvalue weighted by Gasteiger charge is -2.15. The van der Waals surface area contributed by atoms with Gasteiger partial charge < -0.3 is 22.1 Å². The smallest absolute Gasteiger partial charge is 0.330 e. The van der Waals surface area contributed by atoms with E-state index < -0.39 is 35.3 Å². The van der Waals surface area contributed by atoms with Gasteiger partial charge in [0.2, 0.25) is 0 Å². The van der Waals surface area contributed by atoms with Gasteiger partial charge in [0.1, 0.15) is 17.7 Å². The maximum atomic E-state index is 13.5. The Kier molecular flexibility index (Phi) is 10.4. The van der Waals surface area contributed by atoms with E-state index in [0.717, 1.165) is 48.1 Å². The monoisotopic (exact) mass is 604 g/mol. The minimum Gasteiger partial charge on any atom is -0.330 e. The Hall–Kier alpha value is -3.34. The molecule has 2 aromatic carbocycles. The number of nitrogens with zero attached hydrogens (tertiary/aromatic N) is 2. The fraction of sp³-hybridized carbons (Fsp3) is 0.250. The van der Waals surface area contributed by atoms with Gasteiger partial charge in [-0.1, -0.05) is 0 Å². The van der Waals surface area contributed by atoms with E-state index in [0.29, 0.717) is 0 Å². The fourth-order valence-electron chi connectivity index (χ4n) is 3.24. The third kappa shape index (κ3) is 8.33. The predicted octanol–water partition coefficient (Wildman–Crippen LogP) is 5.12. The summed E-state index contributed by atoms with van der Waals surface area (Å²) in [5, 5.41) is 4.57. The summed E-state index contributed by atoms with van der Waals surface area (Å²) in [5.74, 6) is -1.36. The highest BCUT2D eigenvalue weighted by Crippen LogP contribution is 2.39. The van der Waals surface area contributed by atoms with Gasteiger partial charge in [0.15, 0.2) is 0 Å². The van der Waals surface area contributed by atoms with Crippen molar-refractivity contribution in [1.82, 2.24) is 9.97 Å². The molecule has 0 aliphatic rings. The number of alkyl halides is 6. The molecule has 3 aromatic rings. The predicted molar refractivity (Wildman–Crippen MR) is 140 cm³/mol. The molecule has 0 aliphatic heterocycles. The molecule has 40 heavy (non-hydrogen) atoms. The zero-order chi connectivity index (χ0) is 29.5. The van der Waals surface area contributed by atoms with E-state index in [9.17, 15) is 35.9 Å². The number of carbonyl (C=O) groups excluding carboxylic acids is 2. The molecule has 0 bridgehead atoms. The highest BCUT2D eigenvalue weighted by molar-refractivity contribution is 7.99. The minimum atomic E-state index is -4.69. The third-order valence-electron chi connectivity index (χ3n) is 4.97. The highest BCUT2D eigenvalue weighted by Gasteiger charge is 2.35. The van der Waals surface area contributed by atoms with E-state index >= 15 is 0 Å². The molecule has 0 unspecified atom stereocenters. The molecule has 0 atom stereocenters. The summed E-state index contributed by atoms with van der Waals surface area (Å²) in [4.78, 5) is 32.7. The topological polar surface area (TPSA) is 136 Å². The quantitative estimate of drug-likeness (QED) is 0.185. The van der Waals surface area contributed by atoms with Crippen LogP contribution in [0.1, 0.15) is 32.1 Å². The van der Waals surface area contributed by atoms with Gasteiger partial charge in [0.05, 0.1) is 11.1 Å². The first-order valence-corrected chi connectivity index (χ1v) is 13.3. The van der Waals surface area contributed by atoms with Crippen molar-refractivity contribution in [2.24, 2.45) is 11.5 Å². The second-order valence-electron chi connectivity index (χ2n) is 7.89. The second kappa shape index (κ2) is 13.3. The molecule has 16 heteroatoms. The molecule has 0 saturated carbocycles. The number of amides is 2. The lowest BCUT2D eigenvalue weighted by Crippen LogP contribution is -2.19. The zero-order valence-electron chi connectivity index (χ0n) is 20.4. The molecule has 0 radical (unpaired) electrons. The molecule has 0 saturated heterocycles. The number of nitrogens with two attached hydrogens (primary N) is 2. The number of benzene rings is 2. The van der Waals surface area contributed by atoms with Crippen molar-refractivity contribution in [2.45, 2.75) is 22.1 Å². The highest BCUT2D eigenvalue weighted by atomic mass is 32.2. The number of carbonyl (C=O) groups is 2. The van der Waals surface area contributed by atoms with Crippen molar-refractivity contribution >= 4 is 46.7 Å². The second-order valence-corrected chi connectivity index (χ2v) is 10.2. The van der Waals surface area contributed by atoms with E-state index in [2.05, 4.69) is 20.6 Å². The molecule has 3 rings (SSSR count). The largest absolute Gasteiger partial charge is 0.417 e. The molecule has 1 heterocycles. The summed E-state index contributed by atoms with van der Waals surface area (Å²) >= 11 is 1.84. The number of hydrogen-bond acceptors (Lipinski definition) is 8. The Morgan fingerprint density at radius 3 is 1.45 bits per heavy atom. The van der Waals surface area contributed by atoms with Crippen molar-refractivity contribution in [1.29, 1.82) is 0 Å². The lowest BCUT2D eigenvalue weighted by atomic mass is 10.2. The van der Waals surface area contributed by atoms with Crippen LogP contribution < -0.4 is 22.1 Å². The SMILES string of the molecule is NCCSc1ccc(NC(=O)c2cc(C(=O)Nc3ccc(SCCN)c(C(F)(F)F)c3)ncn2)cc1C(F)(F)F. The number of anilines is 2. The number of halogens is 6. The summed E-state index contributed by atoms with van der Waals surface area (Å²) in [7, 11) is 0. The van der Waals surface area contributed by atoms with Crippen molar-refractivity contribution in [3.05, 3.63) is 71.3 Å².